The second kappa shape index (κ2) is 5.94. The largest absolute Gasteiger partial charge is 0.489 e. The lowest BCUT2D eigenvalue weighted by atomic mass is 10.2. The summed E-state index contributed by atoms with van der Waals surface area (Å²) < 4.78 is 9.06. The van der Waals surface area contributed by atoms with E-state index in [1.54, 1.807) is 0 Å². The third-order valence-corrected chi connectivity index (χ3v) is 4.10. The van der Waals surface area contributed by atoms with Crippen LogP contribution >= 0.6 is 22.6 Å². The van der Waals surface area contributed by atoms with Crippen LogP contribution in [0.5, 0.6) is 5.75 Å². The molecule has 3 nitrogen and oxygen atoms in total. The predicted molar refractivity (Wildman–Crippen MR) is 86.3 cm³/mol. The minimum Gasteiger partial charge on any atom is -0.489 e. The topological polar surface area (TPSA) is 27.1 Å². The zero-order valence-corrected chi connectivity index (χ0v) is 14.0. The number of pyridine rings is 1. The first-order valence-electron chi connectivity index (χ1n) is 6.55. The normalized spacial score (nSPS) is 10.8. The Morgan fingerprint density at radius 2 is 2.05 bits per heavy atom. The molecule has 0 fully saturated rings. The van der Waals surface area contributed by atoms with E-state index in [-0.39, 0.29) is 0 Å². The molecule has 2 aromatic heterocycles. The van der Waals surface area contributed by atoms with E-state index in [1.165, 1.54) is 17.0 Å². The van der Waals surface area contributed by atoms with E-state index >= 15 is 0 Å². The average Bonchev–Trinajstić information content (AvgIpc) is 2.67. The summed E-state index contributed by atoms with van der Waals surface area (Å²) in [6, 6.07) is 4.20. The van der Waals surface area contributed by atoms with Crippen LogP contribution in [0.15, 0.2) is 18.3 Å². The molecule has 2 heterocycles. The van der Waals surface area contributed by atoms with Crippen molar-refractivity contribution < 1.29 is 4.74 Å². The van der Waals surface area contributed by atoms with Gasteiger partial charge in [-0.3, -0.25) is 4.57 Å². The summed E-state index contributed by atoms with van der Waals surface area (Å²) >= 11 is 2.30. The Hall–Kier alpha value is -1.04. The van der Waals surface area contributed by atoms with Gasteiger partial charge in [-0.1, -0.05) is 6.92 Å². The number of ether oxygens (including phenoxy) is 1. The monoisotopic (exact) mass is 370 g/mol. The fraction of sp³-hybridized carbons (Fsp3) is 0.400. The average molecular weight is 370 g/mol. The number of aryl methyl sites for hydroxylation is 2. The van der Waals surface area contributed by atoms with Crippen molar-refractivity contribution in [1.82, 2.24) is 9.55 Å². The number of aromatic nitrogens is 2. The van der Waals surface area contributed by atoms with E-state index < -0.39 is 0 Å². The fourth-order valence-electron chi connectivity index (χ4n) is 2.36. The van der Waals surface area contributed by atoms with Gasteiger partial charge in [0.05, 0.1) is 10.2 Å². The molecule has 0 saturated carbocycles. The van der Waals surface area contributed by atoms with Crippen molar-refractivity contribution in [3.63, 3.8) is 0 Å². The molecule has 0 aliphatic heterocycles. The highest BCUT2D eigenvalue weighted by molar-refractivity contribution is 14.1. The van der Waals surface area contributed by atoms with Crippen molar-refractivity contribution in [3.8, 4) is 11.6 Å². The highest BCUT2D eigenvalue weighted by Crippen LogP contribution is 2.30. The van der Waals surface area contributed by atoms with E-state index in [1.807, 2.05) is 19.2 Å². The van der Waals surface area contributed by atoms with Gasteiger partial charge in [-0.15, -0.1) is 0 Å². The maximum atomic E-state index is 5.78. The molecule has 0 aliphatic rings. The van der Waals surface area contributed by atoms with Crippen LogP contribution in [0.4, 0.5) is 0 Å². The third-order valence-electron chi connectivity index (χ3n) is 3.26. The number of hydrogen-bond acceptors (Lipinski definition) is 2. The number of nitrogens with zero attached hydrogens (tertiary/aromatic N) is 2. The van der Waals surface area contributed by atoms with E-state index in [0.29, 0.717) is 6.61 Å². The van der Waals surface area contributed by atoms with E-state index in [4.69, 9.17) is 4.74 Å². The lowest BCUT2D eigenvalue weighted by Gasteiger charge is -2.15. The molecule has 102 valence electrons. The van der Waals surface area contributed by atoms with Gasteiger partial charge in [0.2, 0.25) is 0 Å². The molecule has 0 saturated heterocycles. The van der Waals surface area contributed by atoms with Crippen molar-refractivity contribution in [2.75, 3.05) is 6.61 Å². The molecule has 0 spiro atoms. The smallest absolute Gasteiger partial charge is 0.181 e. The first-order chi connectivity index (χ1) is 9.10. The van der Waals surface area contributed by atoms with Gasteiger partial charge in [0.15, 0.2) is 11.6 Å². The maximum absolute atomic E-state index is 5.78. The molecular formula is C15H19IN2O. The Morgan fingerprint density at radius 3 is 2.63 bits per heavy atom. The number of halogens is 1. The Labute approximate surface area is 128 Å². The summed E-state index contributed by atoms with van der Waals surface area (Å²) in [6.07, 6.45) is 2.87. The Balaban J connectivity index is 2.65. The Bertz CT molecular complexity index is 590. The maximum Gasteiger partial charge on any atom is 0.181 e. The second-order valence-electron chi connectivity index (χ2n) is 4.46. The molecule has 2 rings (SSSR count). The first-order valence-corrected chi connectivity index (χ1v) is 7.63. The highest BCUT2D eigenvalue weighted by Gasteiger charge is 2.16. The van der Waals surface area contributed by atoms with E-state index in [9.17, 15) is 0 Å². The minimum absolute atomic E-state index is 0.648. The molecule has 0 amide bonds. The summed E-state index contributed by atoms with van der Waals surface area (Å²) in [6.45, 7) is 9.08. The van der Waals surface area contributed by atoms with Crippen LogP contribution < -0.4 is 4.74 Å². The summed E-state index contributed by atoms with van der Waals surface area (Å²) in [5.74, 6) is 1.76. The molecular weight excluding hydrogens is 351 g/mol. The van der Waals surface area contributed by atoms with E-state index in [2.05, 4.69) is 59.0 Å². The summed E-state index contributed by atoms with van der Waals surface area (Å²) in [5.41, 5.74) is 3.81. The molecule has 0 radical (unpaired) electrons. The number of rotatable bonds is 4. The van der Waals surface area contributed by atoms with E-state index in [0.717, 1.165) is 21.6 Å². The molecule has 0 N–H and O–H groups in total. The van der Waals surface area contributed by atoms with Crippen LogP contribution in [0.25, 0.3) is 5.82 Å². The van der Waals surface area contributed by atoms with Crippen molar-refractivity contribution in [1.29, 1.82) is 0 Å². The Morgan fingerprint density at radius 1 is 1.32 bits per heavy atom. The minimum atomic E-state index is 0.648. The molecule has 2 aromatic rings. The Kier molecular flexibility index (Phi) is 4.50. The lowest BCUT2D eigenvalue weighted by Crippen LogP contribution is -2.07. The molecule has 0 aromatic carbocycles. The molecule has 19 heavy (non-hydrogen) atoms. The predicted octanol–water partition coefficient (Wildman–Crippen LogP) is 4.05. The molecule has 0 unspecified atom stereocenters. The lowest BCUT2D eigenvalue weighted by molar-refractivity contribution is 0.335. The summed E-state index contributed by atoms with van der Waals surface area (Å²) in [7, 11) is 0. The summed E-state index contributed by atoms with van der Waals surface area (Å²) in [4.78, 5) is 4.53. The van der Waals surface area contributed by atoms with Crippen molar-refractivity contribution in [3.05, 3.63) is 38.9 Å². The fourth-order valence-corrected chi connectivity index (χ4v) is 2.92. The van der Waals surface area contributed by atoms with Crippen LogP contribution in [0.3, 0.4) is 0 Å². The van der Waals surface area contributed by atoms with Gasteiger partial charge in [-0.25, -0.2) is 4.98 Å². The standard InChI is InChI=1S/C15H19IN2O/c1-5-12-9-10(3)18(11(12)4)15-14(19-6-2)13(16)7-8-17-15/h7-9H,5-6H2,1-4H3. The SMILES string of the molecule is CCOc1c(I)ccnc1-n1c(C)cc(CC)c1C. The van der Waals surface area contributed by atoms with Crippen LogP contribution in [0.2, 0.25) is 0 Å². The van der Waals surface area contributed by atoms with Gasteiger partial charge in [-0.2, -0.15) is 0 Å². The van der Waals surface area contributed by atoms with Crippen LogP contribution in [0.1, 0.15) is 30.8 Å². The number of hydrogen-bond donors (Lipinski definition) is 0. The van der Waals surface area contributed by atoms with Crippen molar-refractivity contribution in [2.45, 2.75) is 34.1 Å². The second-order valence-corrected chi connectivity index (χ2v) is 5.63. The van der Waals surface area contributed by atoms with Gasteiger partial charge in [-0.05, 0) is 67.5 Å². The zero-order chi connectivity index (χ0) is 14.0. The van der Waals surface area contributed by atoms with Gasteiger partial charge in [0, 0.05) is 17.6 Å². The van der Waals surface area contributed by atoms with Gasteiger partial charge < -0.3 is 4.74 Å². The molecule has 0 aliphatic carbocycles. The third kappa shape index (κ3) is 2.63. The van der Waals surface area contributed by atoms with Crippen molar-refractivity contribution >= 4 is 22.6 Å². The molecule has 0 atom stereocenters. The summed E-state index contributed by atoms with van der Waals surface area (Å²) in [5, 5.41) is 0. The quantitative estimate of drug-likeness (QED) is 0.760. The highest BCUT2D eigenvalue weighted by atomic mass is 127. The van der Waals surface area contributed by atoms with Crippen LogP contribution in [0, 0.1) is 17.4 Å². The molecule has 4 heteroatoms. The van der Waals surface area contributed by atoms with Crippen LogP contribution in [-0.2, 0) is 6.42 Å². The van der Waals surface area contributed by atoms with Crippen molar-refractivity contribution in [2.24, 2.45) is 0 Å². The van der Waals surface area contributed by atoms with Gasteiger partial charge in [0.25, 0.3) is 0 Å². The molecule has 0 bridgehead atoms. The first kappa shape index (κ1) is 14.4. The van der Waals surface area contributed by atoms with Gasteiger partial charge >= 0.3 is 0 Å². The zero-order valence-electron chi connectivity index (χ0n) is 11.8. The van der Waals surface area contributed by atoms with Crippen LogP contribution in [-0.4, -0.2) is 16.2 Å². The van der Waals surface area contributed by atoms with Gasteiger partial charge in [0.1, 0.15) is 0 Å².